The Labute approximate surface area is 190 Å². The van der Waals surface area contributed by atoms with E-state index in [-0.39, 0.29) is 4.90 Å². The van der Waals surface area contributed by atoms with Crippen LogP contribution in [-0.4, -0.2) is 110 Å². The first kappa shape index (κ1) is 26.6. The van der Waals surface area contributed by atoms with Crippen LogP contribution in [0.4, 0.5) is 13.2 Å². The second kappa shape index (κ2) is 10.7. The van der Waals surface area contributed by atoms with Gasteiger partial charge in [0.1, 0.15) is 54.3 Å². The van der Waals surface area contributed by atoms with Crippen LogP contribution in [0.2, 0.25) is 0 Å². The molecular formula is C19H25F3O10S. The summed E-state index contributed by atoms with van der Waals surface area (Å²) in [6.07, 6.45) is -19.0. The molecule has 0 spiro atoms. The highest BCUT2D eigenvalue weighted by Crippen LogP contribution is 2.38. The summed E-state index contributed by atoms with van der Waals surface area (Å²) in [6.45, 7) is -1.47. The Kier molecular flexibility index (Phi) is 8.61. The first-order valence-electron chi connectivity index (χ1n) is 9.90. The smallest absolute Gasteiger partial charge is 0.394 e. The van der Waals surface area contributed by atoms with E-state index in [9.17, 15) is 48.9 Å². The Hall–Kier alpha value is -1.04. The van der Waals surface area contributed by atoms with Crippen molar-refractivity contribution in [3.05, 3.63) is 29.8 Å². The van der Waals surface area contributed by atoms with Gasteiger partial charge in [-0.3, -0.25) is 0 Å². The van der Waals surface area contributed by atoms with Gasteiger partial charge in [-0.15, -0.1) is 0 Å². The van der Waals surface area contributed by atoms with Crippen LogP contribution in [0.1, 0.15) is 5.56 Å². The van der Waals surface area contributed by atoms with Gasteiger partial charge in [0.25, 0.3) is 0 Å². The van der Waals surface area contributed by atoms with E-state index in [1.807, 2.05) is 0 Å². The number of ether oxygens (including phenoxy) is 3. The molecule has 3 rings (SSSR count). The summed E-state index contributed by atoms with van der Waals surface area (Å²) in [5.41, 5.74) is -2.20. The molecule has 0 aromatic heterocycles. The number of rotatable bonds is 6. The third-order valence-corrected chi connectivity index (χ3v) is 6.52. The minimum absolute atomic E-state index is 0.0890. The molecule has 10 atom stereocenters. The van der Waals surface area contributed by atoms with Crippen LogP contribution in [0.3, 0.4) is 0 Å². The molecule has 188 valence electrons. The van der Waals surface area contributed by atoms with E-state index in [4.69, 9.17) is 14.2 Å². The van der Waals surface area contributed by atoms with Crippen molar-refractivity contribution in [2.75, 3.05) is 13.2 Å². The molecule has 0 radical (unpaired) electrons. The zero-order valence-electron chi connectivity index (χ0n) is 16.9. The van der Waals surface area contributed by atoms with Crippen LogP contribution in [0, 0.1) is 0 Å². The maximum atomic E-state index is 13.0. The van der Waals surface area contributed by atoms with E-state index in [0.29, 0.717) is 11.8 Å². The van der Waals surface area contributed by atoms with Gasteiger partial charge in [0.2, 0.25) is 0 Å². The van der Waals surface area contributed by atoms with Crippen molar-refractivity contribution in [1.29, 1.82) is 0 Å². The Morgan fingerprint density at radius 1 is 0.848 bits per heavy atom. The highest BCUT2D eigenvalue weighted by Gasteiger charge is 2.50. The van der Waals surface area contributed by atoms with E-state index in [2.05, 4.69) is 0 Å². The average Bonchev–Trinajstić information content (AvgIpc) is 2.78. The maximum Gasteiger partial charge on any atom is 0.416 e. The number of thioether (sulfide) groups is 1. The number of benzene rings is 1. The summed E-state index contributed by atoms with van der Waals surface area (Å²) in [6, 6.07) is 4.24. The molecule has 0 saturated carbocycles. The molecular weight excluding hydrogens is 477 g/mol. The molecule has 2 saturated heterocycles. The van der Waals surface area contributed by atoms with Crippen LogP contribution in [0.15, 0.2) is 29.2 Å². The second-order valence-corrected chi connectivity index (χ2v) is 8.82. The van der Waals surface area contributed by atoms with Crippen LogP contribution in [0.25, 0.3) is 0 Å². The van der Waals surface area contributed by atoms with E-state index in [0.717, 1.165) is 12.1 Å². The summed E-state index contributed by atoms with van der Waals surface area (Å²) in [7, 11) is 0. The van der Waals surface area contributed by atoms with Gasteiger partial charge in [0, 0.05) is 4.90 Å². The molecule has 2 aliphatic rings. The number of halogens is 3. The molecule has 33 heavy (non-hydrogen) atoms. The van der Waals surface area contributed by atoms with Crippen molar-refractivity contribution < 1.29 is 63.1 Å². The Bertz CT molecular complexity index is 782. The summed E-state index contributed by atoms with van der Waals surface area (Å²) >= 11 is 0.694. The molecule has 0 bridgehead atoms. The van der Waals surface area contributed by atoms with Crippen molar-refractivity contribution in [2.45, 2.75) is 71.6 Å². The number of alkyl halides is 3. The molecule has 0 amide bonds. The molecule has 10 nitrogen and oxygen atoms in total. The molecule has 0 aliphatic carbocycles. The van der Waals surface area contributed by atoms with Gasteiger partial charge in [0.15, 0.2) is 6.29 Å². The topological polar surface area (TPSA) is 169 Å². The maximum absolute atomic E-state index is 13.0. The lowest BCUT2D eigenvalue weighted by atomic mass is 9.97. The van der Waals surface area contributed by atoms with Gasteiger partial charge in [-0.1, -0.05) is 17.8 Å². The third kappa shape index (κ3) is 5.79. The normalized spacial score (nSPS) is 40.1. The summed E-state index contributed by atoms with van der Waals surface area (Å²) in [5, 5.41) is 69.9. The molecule has 7 N–H and O–H groups in total. The van der Waals surface area contributed by atoms with Crippen LogP contribution in [0.5, 0.6) is 0 Å². The fraction of sp³-hybridized carbons (Fsp3) is 0.684. The van der Waals surface area contributed by atoms with Crippen molar-refractivity contribution in [2.24, 2.45) is 0 Å². The van der Waals surface area contributed by atoms with Crippen LogP contribution < -0.4 is 0 Å². The lowest BCUT2D eigenvalue weighted by Gasteiger charge is -2.46. The Balaban J connectivity index is 1.73. The first-order valence-corrected chi connectivity index (χ1v) is 10.8. The molecule has 0 unspecified atom stereocenters. The summed E-state index contributed by atoms with van der Waals surface area (Å²) < 4.78 is 55.0. The highest BCUT2D eigenvalue weighted by atomic mass is 32.2. The monoisotopic (exact) mass is 502 g/mol. The van der Waals surface area contributed by atoms with E-state index < -0.39 is 85.5 Å². The van der Waals surface area contributed by atoms with E-state index in [1.165, 1.54) is 12.1 Å². The van der Waals surface area contributed by atoms with Gasteiger partial charge < -0.3 is 50.0 Å². The quantitative estimate of drug-likeness (QED) is 0.240. The fourth-order valence-electron chi connectivity index (χ4n) is 3.53. The minimum Gasteiger partial charge on any atom is -0.394 e. The predicted octanol–water partition coefficient (Wildman–Crippen LogP) is -1.58. The molecule has 2 aliphatic heterocycles. The van der Waals surface area contributed by atoms with Crippen LogP contribution in [-0.2, 0) is 20.4 Å². The van der Waals surface area contributed by atoms with Gasteiger partial charge >= 0.3 is 6.18 Å². The standard InChI is InChI=1S/C19H25F3O10S/c20-19(21,22)7-2-1-3-8(4-7)33-18-15(29)13(27)16(10(6-24)31-18)32-17-14(28)12(26)11(25)9(5-23)30-17/h1-4,9-18,23-29H,5-6H2/t9-,10-,11-,12+,13-,14-,15-,16-,17-,18+/m1/s1. The predicted molar refractivity (Wildman–Crippen MR) is 104 cm³/mol. The SMILES string of the molecule is OC[C@H]1O[C@H](O[C@H]2[C@H](O)[C@@H](O)[C@H](Sc3cccc(C(F)(F)F)c3)O[C@@H]2CO)[C@H](O)[C@@H](O)[C@@H]1O. The number of aliphatic hydroxyl groups is 7. The third-order valence-electron chi connectivity index (χ3n) is 5.37. The lowest BCUT2D eigenvalue weighted by Crippen LogP contribution is -2.64. The zero-order valence-corrected chi connectivity index (χ0v) is 17.7. The van der Waals surface area contributed by atoms with Crippen molar-refractivity contribution in [3.8, 4) is 0 Å². The van der Waals surface area contributed by atoms with E-state index in [1.54, 1.807) is 0 Å². The first-order chi connectivity index (χ1) is 15.5. The van der Waals surface area contributed by atoms with Crippen molar-refractivity contribution in [1.82, 2.24) is 0 Å². The van der Waals surface area contributed by atoms with E-state index >= 15 is 0 Å². The fourth-order valence-corrected chi connectivity index (χ4v) is 4.65. The summed E-state index contributed by atoms with van der Waals surface area (Å²) in [4.78, 5) is 0.0890. The molecule has 14 heteroatoms. The van der Waals surface area contributed by atoms with Crippen molar-refractivity contribution >= 4 is 11.8 Å². The second-order valence-electron chi connectivity index (χ2n) is 7.65. The highest BCUT2D eigenvalue weighted by molar-refractivity contribution is 7.99. The van der Waals surface area contributed by atoms with Gasteiger partial charge in [-0.25, -0.2) is 0 Å². The molecule has 1 aromatic carbocycles. The number of hydrogen-bond acceptors (Lipinski definition) is 11. The van der Waals surface area contributed by atoms with Gasteiger partial charge in [-0.2, -0.15) is 13.2 Å². The Morgan fingerprint density at radius 2 is 1.52 bits per heavy atom. The van der Waals surface area contributed by atoms with Gasteiger partial charge in [0.05, 0.1) is 18.8 Å². The zero-order chi connectivity index (χ0) is 24.5. The molecule has 2 heterocycles. The van der Waals surface area contributed by atoms with Crippen molar-refractivity contribution in [3.63, 3.8) is 0 Å². The molecule has 1 aromatic rings. The number of hydrogen-bond donors (Lipinski definition) is 7. The van der Waals surface area contributed by atoms with Crippen LogP contribution >= 0.6 is 11.8 Å². The number of aliphatic hydroxyl groups excluding tert-OH is 7. The van der Waals surface area contributed by atoms with Gasteiger partial charge in [-0.05, 0) is 18.2 Å². The minimum atomic E-state index is -4.58. The lowest BCUT2D eigenvalue weighted by molar-refractivity contribution is -0.338. The summed E-state index contributed by atoms with van der Waals surface area (Å²) in [5.74, 6) is 0. The largest absolute Gasteiger partial charge is 0.416 e. The average molecular weight is 502 g/mol. The molecule has 2 fully saturated rings. The Morgan fingerprint density at radius 3 is 2.12 bits per heavy atom.